The number of hydrogen-bond acceptors (Lipinski definition) is 8. The van der Waals surface area contributed by atoms with Gasteiger partial charge in [0.2, 0.25) is 0 Å². The maximum absolute atomic E-state index is 11.8. The highest BCUT2D eigenvalue weighted by Crippen LogP contribution is 2.17. The molecule has 2 rings (SSSR count). The third-order valence-corrected chi connectivity index (χ3v) is 5.85. The fourth-order valence-electron chi connectivity index (χ4n) is 3.25. The summed E-state index contributed by atoms with van der Waals surface area (Å²) in [6.45, 7) is 0.445. The Labute approximate surface area is 176 Å². The summed E-state index contributed by atoms with van der Waals surface area (Å²) in [6, 6.07) is 0. The van der Waals surface area contributed by atoms with Gasteiger partial charge in [0, 0.05) is 25.1 Å². The van der Waals surface area contributed by atoms with Crippen LogP contribution in [-0.2, 0) is 39.5 Å². The molecule has 1 saturated heterocycles. The predicted octanol–water partition coefficient (Wildman–Crippen LogP) is 0.619. The Balaban J connectivity index is 1.46. The number of hydrogen-bond donors (Lipinski definition) is 1. The van der Waals surface area contributed by atoms with Crippen molar-refractivity contribution in [1.82, 2.24) is 9.96 Å². The van der Waals surface area contributed by atoms with Gasteiger partial charge in [-0.25, -0.2) is 13.2 Å². The average Bonchev–Trinajstić information content (AvgIpc) is 3.16. The molecule has 11 heteroatoms. The van der Waals surface area contributed by atoms with Crippen molar-refractivity contribution in [3.8, 4) is 0 Å². The van der Waals surface area contributed by atoms with E-state index < -0.39 is 40.2 Å². The zero-order valence-electron chi connectivity index (χ0n) is 16.6. The molecule has 2 aliphatic heterocycles. The molecule has 2 heterocycles. The Bertz CT molecular complexity index is 778. The highest BCUT2D eigenvalue weighted by atomic mass is 32.2. The molecule has 0 aromatic rings. The zero-order chi connectivity index (χ0) is 22.1. The van der Waals surface area contributed by atoms with Gasteiger partial charge >= 0.3 is 5.97 Å². The lowest BCUT2D eigenvalue weighted by Gasteiger charge is -2.13. The third kappa shape index (κ3) is 6.75. The number of hydroxylamine groups is 2. The van der Waals surface area contributed by atoms with Gasteiger partial charge in [0.1, 0.15) is 5.25 Å². The molecule has 0 aromatic carbocycles. The summed E-state index contributed by atoms with van der Waals surface area (Å²) >= 11 is 0. The van der Waals surface area contributed by atoms with Crippen LogP contribution in [0.15, 0.2) is 12.2 Å². The standard InChI is InChI=1S/C19H26N2O8S/c22-15-10-11-16(23)20(15)12-8-6-4-2-1-3-5-7-9-18(25)29-21-17(24)13-14(19(21)26)30(27)28/h10-11,14,30H,1-9,12-13H2. The van der Waals surface area contributed by atoms with Gasteiger partial charge in [0.15, 0.2) is 10.7 Å². The fourth-order valence-corrected chi connectivity index (χ4v) is 3.84. The Hall–Kier alpha value is -2.56. The van der Waals surface area contributed by atoms with Crippen LogP contribution < -0.4 is 0 Å². The first-order valence-electron chi connectivity index (χ1n) is 10.1. The van der Waals surface area contributed by atoms with Crippen LogP contribution in [0.3, 0.4) is 0 Å². The fraction of sp³-hybridized carbons (Fsp3) is 0.632. The van der Waals surface area contributed by atoms with Crippen LogP contribution in [0.4, 0.5) is 0 Å². The van der Waals surface area contributed by atoms with Crippen molar-refractivity contribution in [2.75, 3.05) is 6.54 Å². The summed E-state index contributed by atoms with van der Waals surface area (Å²) in [5.74, 6) is -3.08. The van der Waals surface area contributed by atoms with Gasteiger partial charge in [-0.2, -0.15) is 0 Å². The monoisotopic (exact) mass is 442 g/mol. The van der Waals surface area contributed by atoms with Crippen LogP contribution in [0.25, 0.3) is 0 Å². The number of unbranched alkanes of at least 4 members (excludes halogenated alkanes) is 7. The second-order valence-electron chi connectivity index (χ2n) is 7.23. The lowest BCUT2D eigenvalue weighted by atomic mass is 10.1. The van der Waals surface area contributed by atoms with Crippen molar-refractivity contribution in [2.45, 2.75) is 69.5 Å². The molecule has 0 aliphatic carbocycles. The summed E-state index contributed by atoms with van der Waals surface area (Å²) in [5.41, 5.74) is 0. The summed E-state index contributed by atoms with van der Waals surface area (Å²) in [5, 5.41) is -1.19. The van der Waals surface area contributed by atoms with E-state index >= 15 is 0 Å². The summed E-state index contributed by atoms with van der Waals surface area (Å²) in [4.78, 5) is 63.8. The van der Waals surface area contributed by atoms with E-state index in [1.165, 1.54) is 17.1 Å². The van der Waals surface area contributed by atoms with Crippen molar-refractivity contribution in [1.29, 1.82) is 0 Å². The van der Waals surface area contributed by atoms with E-state index in [4.69, 9.17) is 4.84 Å². The minimum Gasteiger partial charge on any atom is -0.330 e. The number of carbonyl (C=O) groups is 5. The van der Waals surface area contributed by atoms with E-state index in [9.17, 15) is 32.4 Å². The van der Waals surface area contributed by atoms with Crippen molar-refractivity contribution in [2.24, 2.45) is 0 Å². The highest BCUT2D eigenvalue weighted by Gasteiger charge is 2.43. The Kier molecular flexibility index (Phi) is 9.15. The lowest BCUT2D eigenvalue weighted by molar-refractivity contribution is -0.197. The number of nitrogens with zero attached hydrogens (tertiary/aromatic N) is 2. The van der Waals surface area contributed by atoms with Crippen LogP contribution in [0.5, 0.6) is 0 Å². The van der Waals surface area contributed by atoms with Gasteiger partial charge in [0.05, 0.1) is 6.42 Å². The third-order valence-electron chi connectivity index (χ3n) is 4.94. The molecule has 30 heavy (non-hydrogen) atoms. The molecule has 0 bridgehead atoms. The van der Waals surface area contributed by atoms with Gasteiger partial charge in [-0.3, -0.25) is 24.1 Å². The summed E-state index contributed by atoms with van der Waals surface area (Å²) in [6.07, 6.45) is 9.05. The van der Waals surface area contributed by atoms with E-state index in [-0.39, 0.29) is 23.3 Å². The maximum atomic E-state index is 11.8. The van der Waals surface area contributed by atoms with Gasteiger partial charge in [0.25, 0.3) is 23.6 Å². The molecular formula is C19H26N2O8S. The molecule has 1 fully saturated rings. The van der Waals surface area contributed by atoms with Gasteiger partial charge in [-0.15, -0.1) is 5.06 Å². The van der Waals surface area contributed by atoms with E-state index in [0.717, 1.165) is 44.9 Å². The number of rotatable bonds is 13. The molecule has 0 saturated carbocycles. The smallest absolute Gasteiger partial charge is 0.330 e. The number of imide groups is 2. The van der Waals surface area contributed by atoms with Gasteiger partial charge in [-0.1, -0.05) is 38.5 Å². The Morgan fingerprint density at radius 3 is 1.97 bits per heavy atom. The summed E-state index contributed by atoms with van der Waals surface area (Å²) in [7, 11) is -3.09. The van der Waals surface area contributed by atoms with Crippen molar-refractivity contribution in [3.63, 3.8) is 0 Å². The second-order valence-corrected chi connectivity index (χ2v) is 8.43. The topological polar surface area (TPSA) is 135 Å². The molecule has 1 unspecified atom stereocenters. The molecule has 10 nitrogen and oxygen atoms in total. The van der Waals surface area contributed by atoms with Crippen LogP contribution in [0.1, 0.15) is 64.2 Å². The quantitative estimate of drug-likeness (QED) is 0.249. The maximum Gasteiger partial charge on any atom is 0.333 e. The van der Waals surface area contributed by atoms with Crippen molar-refractivity contribution in [3.05, 3.63) is 12.2 Å². The van der Waals surface area contributed by atoms with Crippen LogP contribution in [0.2, 0.25) is 0 Å². The largest absolute Gasteiger partial charge is 0.333 e. The molecule has 2 aliphatic rings. The molecule has 0 N–H and O–H groups in total. The normalized spacial score (nSPS) is 18.9. The predicted molar refractivity (Wildman–Crippen MR) is 104 cm³/mol. The van der Waals surface area contributed by atoms with Crippen molar-refractivity contribution >= 4 is 40.3 Å². The molecule has 1 atom stereocenters. The molecule has 0 aromatic heterocycles. The Morgan fingerprint density at radius 1 is 0.900 bits per heavy atom. The molecular weight excluding hydrogens is 416 g/mol. The molecule has 0 spiro atoms. The van der Waals surface area contributed by atoms with Gasteiger partial charge < -0.3 is 4.84 Å². The molecule has 166 valence electrons. The van der Waals surface area contributed by atoms with Crippen LogP contribution in [0, 0.1) is 0 Å². The summed E-state index contributed by atoms with van der Waals surface area (Å²) < 4.78 is 21.8. The van der Waals surface area contributed by atoms with E-state index in [2.05, 4.69) is 0 Å². The van der Waals surface area contributed by atoms with Crippen LogP contribution >= 0.6 is 0 Å². The SMILES string of the molecule is O=C(CCCCCCCCCCN1C(=O)C=CC1=O)ON1C(=O)CC([SH](=O)=O)C1=O. The van der Waals surface area contributed by atoms with Crippen molar-refractivity contribution < 1.29 is 37.2 Å². The van der Waals surface area contributed by atoms with E-state index in [1.807, 2.05) is 0 Å². The van der Waals surface area contributed by atoms with E-state index in [0.29, 0.717) is 13.0 Å². The zero-order valence-corrected chi connectivity index (χ0v) is 17.5. The number of thiol groups is 1. The lowest BCUT2D eigenvalue weighted by Crippen LogP contribution is -2.34. The first-order valence-corrected chi connectivity index (χ1v) is 11.3. The number of amides is 4. The first-order chi connectivity index (χ1) is 14.3. The molecule has 4 amide bonds. The van der Waals surface area contributed by atoms with Gasteiger partial charge in [-0.05, 0) is 12.8 Å². The highest BCUT2D eigenvalue weighted by molar-refractivity contribution is 7.74. The Morgan fingerprint density at radius 2 is 1.43 bits per heavy atom. The minimum absolute atomic E-state index is 0.0389. The first kappa shape index (κ1) is 23.7. The van der Waals surface area contributed by atoms with Crippen LogP contribution in [-0.4, -0.2) is 59.8 Å². The average molecular weight is 442 g/mol. The number of carbonyl (C=O) groups excluding carboxylic acids is 5. The second kappa shape index (κ2) is 11.6. The van der Waals surface area contributed by atoms with E-state index in [1.54, 1.807) is 0 Å². The minimum atomic E-state index is -3.09. The molecule has 0 radical (unpaired) electrons.